The molecular weight excluding hydrogens is 228 g/mol. The lowest BCUT2D eigenvalue weighted by molar-refractivity contribution is 0.0806. The first-order valence-corrected chi connectivity index (χ1v) is 6.19. The number of hydrogen-bond acceptors (Lipinski definition) is 5. The zero-order valence-corrected chi connectivity index (χ0v) is 10.1. The summed E-state index contributed by atoms with van der Waals surface area (Å²) in [6, 6.07) is 8.44. The molecule has 2 N–H and O–H groups in total. The van der Waals surface area contributed by atoms with E-state index in [0.717, 1.165) is 42.9 Å². The lowest BCUT2D eigenvalue weighted by Crippen LogP contribution is -2.45. The van der Waals surface area contributed by atoms with Crippen molar-refractivity contribution in [1.82, 2.24) is 15.5 Å². The number of ether oxygens (including phenoxy) is 1. The number of rotatable bonds is 3. The minimum Gasteiger partial charge on any atom is -0.378 e. The van der Waals surface area contributed by atoms with Gasteiger partial charge in [-0.3, -0.25) is 0 Å². The maximum Gasteiger partial charge on any atom is 0.156 e. The van der Waals surface area contributed by atoms with Crippen molar-refractivity contribution in [3.05, 3.63) is 30.5 Å². The summed E-state index contributed by atoms with van der Waals surface area (Å²) >= 11 is 0. The zero-order valence-electron chi connectivity index (χ0n) is 10.1. The Bertz CT molecular complexity index is 520. The summed E-state index contributed by atoms with van der Waals surface area (Å²) in [7, 11) is 0. The molecule has 18 heavy (non-hydrogen) atoms. The normalized spacial score (nSPS) is 19.9. The molecule has 1 aliphatic rings. The summed E-state index contributed by atoms with van der Waals surface area (Å²) < 4.78 is 5.42. The molecule has 1 aromatic carbocycles. The molecule has 1 atom stereocenters. The van der Waals surface area contributed by atoms with Crippen molar-refractivity contribution in [2.24, 2.45) is 0 Å². The van der Waals surface area contributed by atoms with E-state index in [-0.39, 0.29) is 0 Å². The van der Waals surface area contributed by atoms with Gasteiger partial charge in [0.25, 0.3) is 0 Å². The van der Waals surface area contributed by atoms with Crippen molar-refractivity contribution in [1.29, 1.82) is 0 Å². The second-order valence-corrected chi connectivity index (χ2v) is 4.39. The summed E-state index contributed by atoms with van der Waals surface area (Å²) in [4.78, 5) is 0. The second-order valence-electron chi connectivity index (χ2n) is 4.39. The van der Waals surface area contributed by atoms with Gasteiger partial charge in [0, 0.05) is 29.9 Å². The van der Waals surface area contributed by atoms with Crippen molar-refractivity contribution < 1.29 is 4.74 Å². The highest BCUT2D eigenvalue weighted by Crippen LogP contribution is 2.18. The van der Waals surface area contributed by atoms with E-state index < -0.39 is 0 Å². The van der Waals surface area contributed by atoms with E-state index in [0.29, 0.717) is 6.04 Å². The Labute approximate surface area is 106 Å². The molecule has 0 amide bonds. The summed E-state index contributed by atoms with van der Waals surface area (Å²) in [6.07, 6.45) is 1.78. The highest BCUT2D eigenvalue weighted by Gasteiger charge is 2.13. The maximum atomic E-state index is 5.42. The standard InChI is InChI=1S/C13H16N4O/c1-2-4-12-10(3-1)7-16-17-13(12)15-8-11-9-18-6-5-14-11/h1-4,7,11,14H,5-6,8-9H2,(H,15,17). The van der Waals surface area contributed by atoms with Gasteiger partial charge < -0.3 is 15.4 Å². The SMILES string of the molecule is c1ccc2c(NCC3COCCN3)nncc2c1. The number of hydrogen-bond donors (Lipinski definition) is 2. The van der Waals surface area contributed by atoms with Crippen LogP contribution in [0.5, 0.6) is 0 Å². The van der Waals surface area contributed by atoms with Gasteiger partial charge in [0.15, 0.2) is 5.82 Å². The number of anilines is 1. The highest BCUT2D eigenvalue weighted by atomic mass is 16.5. The Morgan fingerprint density at radius 3 is 3.22 bits per heavy atom. The Morgan fingerprint density at radius 1 is 1.39 bits per heavy atom. The molecule has 5 heteroatoms. The molecule has 0 saturated carbocycles. The topological polar surface area (TPSA) is 59.1 Å². The predicted molar refractivity (Wildman–Crippen MR) is 70.6 cm³/mol. The summed E-state index contributed by atoms with van der Waals surface area (Å²) in [5.74, 6) is 0.834. The second kappa shape index (κ2) is 5.29. The number of nitrogens with zero attached hydrogens (tertiary/aromatic N) is 2. The third-order valence-corrected chi connectivity index (χ3v) is 3.08. The monoisotopic (exact) mass is 244 g/mol. The number of fused-ring (bicyclic) bond motifs is 1. The van der Waals surface area contributed by atoms with Crippen LogP contribution in [0.15, 0.2) is 30.5 Å². The lowest BCUT2D eigenvalue weighted by Gasteiger charge is -2.24. The first-order valence-electron chi connectivity index (χ1n) is 6.19. The molecule has 1 unspecified atom stereocenters. The van der Waals surface area contributed by atoms with Gasteiger partial charge in [-0.25, -0.2) is 0 Å². The smallest absolute Gasteiger partial charge is 0.156 e. The van der Waals surface area contributed by atoms with Gasteiger partial charge in [-0.1, -0.05) is 24.3 Å². The van der Waals surface area contributed by atoms with Crippen molar-refractivity contribution in [3.63, 3.8) is 0 Å². The van der Waals surface area contributed by atoms with Crippen LogP contribution < -0.4 is 10.6 Å². The molecule has 1 saturated heterocycles. The summed E-state index contributed by atoms with van der Waals surface area (Å²) in [5.41, 5.74) is 0. The van der Waals surface area contributed by atoms with E-state index >= 15 is 0 Å². The Morgan fingerprint density at radius 2 is 2.33 bits per heavy atom. The molecule has 0 aliphatic carbocycles. The number of morpholine rings is 1. The number of benzene rings is 1. The van der Waals surface area contributed by atoms with Crippen molar-refractivity contribution in [2.75, 3.05) is 31.6 Å². The molecule has 1 aliphatic heterocycles. The van der Waals surface area contributed by atoms with E-state index in [2.05, 4.69) is 26.9 Å². The fourth-order valence-corrected chi connectivity index (χ4v) is 2.13. The van der Waals surface area contributed by atoms with Gasteiger partial charge in [-0.2, -0.15) is 5.10 Å². The van der Waals surface area contributed by atoms with Crippen LogP contribution in [0.4, 0.5) is 5.82 Å². The third-order valence-electron chi connectivity index (χ3n) is 3.08. The Balaban J connectivity index is 1.74. The van der Waals surface area contributed by atoms with Crippen LogP contribution in [-0.2, 0) is 4.74 Å². The molecular formula is C13H16N4O. The molecule has 0 radical (unpaired) electrons. The minimum atomic E-state index is 0.333. The first kappa shape index (κ1) is 11.4. The van der Waals surface area contributed by atoms with Crippen LogP contribution in [0.1, 0.15) is 0 Å². The van der Waals surface area contributed by atoms with Gasteiger partial charge >= 0.3 is 0 Å². The first-order chi connectivity index (χ1) is 8.93. The minimum absolute atomic E-state index is 0.333. The number of aromatic nitrogens is 2. The Hall–Kier alpha value is -1.72. The van der Waals surface area contributed by atoms with E-state index in [1.165, 1.54) is 0 Å². The van der Waals surface area contributed by atoms with E-state index in [1.54, 1.807) is 6.20 Å². The van der Waals surface area contributed by atoms with Crippen LogP contribution in [-0.4, -0.2) is 42.5 Å². The van der Waals surface area contributed by atoms with Crippen molar-refractivity contribution >= 4 is 16.6 Å². The fourth-order valence-electron chi connectivity index (χ4n) is 2.13. The Kier molecular flexibility index (Phi) is 3.34. The van der Waals surface area contributed by atoms with Crippen LogP contribution in [0.2, 0.25) is 0 Å². The largest absolute Gasteiger partial charge is 0.378 e. The molecule has 3 rings (SSSR count). The average molecular weight is 244 g/mol. The van der Waals surface area contributed by atoms with Crippen LogP contribution in [0, 0.1) is 0 Å². The summed E-state index contributed by atoms with van der Waals surface area (Å²) in [5, 5.41) is 17.1. The molecule has 0 bridgehead atoms. The van der Waals surface area contributed by atoms with Gasteiger partial charge in [0.2, 0.25) is 0 Å². The highest BCUT2D eigenvalue weighted by molar-refractivity contribution is 5.90. The average Bonchev–Trinajstić information content (AvgIpc) is 2.46. The predicted octanol–water partition coefficient (Wildman–Crippen LogP) is 1.03. The van der Waals surface area contributed by atoms with Gasteiger partial charge in [0.1, 0.15) is 0 Å². The van der Waals surface area contributed by atoms with Crippen molar-refractivity contribution in [3.8, 4) is 0 Å². The third kappa shape index (κ3) is 2.42. The van der Waals surface area contributed by atoms with Gasteiger partial charge in [0.05, 0.1) is 19.4 Å². The van der Waals surface area contributed by atoms with Crippen LogP contribution >= 0.6 is 0 Å². The molecule has 1 aromatic heterocycles. The van der Waals surface area contributed by atoms with E-state index in [4.69, 9.17) is 4.74 Å². The molecule has 2 aromatic rings. The molecule has 2 heterocycles. The molecule has 5 nitrogen and oxygen atoms in total. The quantitative estimate of drug-likeness (QED) is 0.844. The van der Waals surface area contributed by atoms with E-state index in [1.807, 2.05) is 18.2 Å². The zero-order chi connectivity index (χ0) is 12.2. The van der Waals surface area contributed by atoms with Crippen LogP contribution in [0.3, 0.4) is 0 Å². The van der Waals surface area contributed by atoms with Crippen molar-refractivity contribution in [2.45, 2.75) is 6.04 Å². The molecule has 0 spiro atoms. The van der Waals surface area contributed by atoms with Crippen LogP contribution in [0.25, 0.3) is 10.8 Å². The van der Waals surface area contributed by atoms with Gasteiger partial charge in [-0.05, 0) is 0 Å². The lowest BCUT2D eigenvalue weighted by atomic mass is 10.2. The number of nitrogens with one attached hydrogen (secondary N) is 2. The summed E-state index contributed by atoms with van der Waals surface area (Å²) in [6.45, 7) is 3.24. The van der Waals surface area contributed by atoms with Gasteiger partial charge in [-0.15, -0.1) is 5.10 Å². The molecule has 1 fully saturated rings. The van der Waals surface area contributed by atoms with E-state index in [9.17, 15) is 0 Å². The molecule has 94 valence electrons. The fraction of sp³-hybridized carbons (Fsp3) is 0.385. The maximum absolute atomic E-state index is 5.42.